The zero-order valence-electron chi connectivity index (χ0n) is 64.1. The van der Waals surface area contributed by atoms with Crippen LogP contribution in [-0.2, 0) is 109 Å². The summed E-state index contributed by atoms with van der Waals surface area (Å²) in [5.74, 6) is -1.92. The molecule has 4 aromatic rings. The lowest BCUT2D eigenvalue weighted by Crippen LogP contribution is -2.64. The predicted octanol–water partition coefficient (Wildman–Crippen LogP) is -4.46. The van der Waals surface area contributed by atoms with Crippen LogP contribution in [0.2, 0.25) is 0 Å². The molecule has 628 valence electrons. The quantitative estimate of drug-likeness (QED) is 0.0185. The van der Waals surface area contributed by atoms with Crippen LogP contribution in [0.15, 0.2) is 24.8 Å². The maximum atomic E-state index is 14.0. The van der Waals surface area contributed by atoms with Gasteiger partial charge in [-0.05, 0) is 103 Å². The van der Waals surface area contributed by atoms with Gasteiger partial charge < -0.3 is 115 Å². The number of rotatable bonds is 50. The van der Waals surface area contributed by atoms with Crippen molar-refractivity contribution in [1.82, 2.24) is 85.7 Å². The minimum Gasteiger partial charge on any atom is -0.394 e. The van der Waals surface area contributed by atoms with E-state index in [1.54, 1.807) is 32.6 Å². The summed E-state index contributed by atoms with van der Waals surface area (Å²) in [5.41, 5.74) is 2.65. The molecule has 41 nitrogen and oxygen atoms in total. The van der Waals surface area contributed by atoms with E-state index in [1.807, 2.05) is 29.7 Å². The fourth-order valence-corrected chi connectivity index (χ4v) is 14.0. The second kappa shape index (κ2) is 46.3. The van der Waals surface area contributed by atoms with Crippen molar-refractivity contribution in [1.29, 1.82) is 0 Å². The highest BCUT2D eigenvalue weighted by atomic mass is 16.7. The van der Waals surface area contributed by atoms with E-state index in [0.717, 1.165) is 12.8 Å². The number of nitrogens with one attached hydrogen (secondary N) is 3. The number of aryl methyl sites for hydroxylation is 4. The van der Waals surface area contributed by atoms with Crippen LogP contribution in [0.5, 0.6) is 0 Å². The third-order valence-corrected chi connectivity index (χ3v) is 20.2. The number of hydrogen-bond acceptors (Lipinski definition) is 34. The molecule has 41 heteroatoms. The van der Waals surface area contributed by atoms with E-state index in [1.165, 1.54) is 20.8 Å². The molecule has 4 aliphatic rings. The first-order valence-corrected chi connectivity index (χ1v) is 38.7. The number of unbranched alkanes of at least 4 members (excludes halogenated alkanes) is 9. The molecule has 0 saturated carbocycles. The molecular formula is C70H119N17O24. The number of hydrogen-bond donors (Lipinski definition) is 15. The number of aromatic nitrogens is 12. The van der Waals surface area contributed by atoms with Crippen molar-refractivity contribution in [3.8, 4) is 0 Å². The van der Waals surface area contributed by atoms with Crippen LogP contribution in [0, 0.1) is 5.92 Å². The first kappa shape index (κ1) is 90.3. The molecule has 15 N–H and O–H groups in total. The van der Waals surface area contributed by atoms with Crippen LogP contribution in [0.3, 0.4) is 0 Å². The molecule has 0 radical (unpaired) electrons. The summed E-state index contributed by atoms with van der Waals surface area (Å²) in [6, 6.07) is -3.73. The summed E-state index contributed by atoms with van der Waals surface area (Å²) in [4.78, 5) is 54.0. The Labute approximate surface area is 644 Å². The molecule has 3 amide bonds. The molecule has 0 aromatic carbocycles. The Kier molecular flexibility index (Phi) is 37.7. The van der Waals surface area contributed by atoms with E-state index in [-0.39, 0.29) is 38.7 Å². The monoisotopic (exact) mass is 1580 g/mol. The summed E-state index contributed by atoms with van der Waals surface area (Å²) in [6.07, 6.45) is -1.91. The highest BCUT2D eigenvalue weighted by Gasteiger charge is 2.49. The number of aliphatic hydroxyl groups is 12. The largest absolute Gasteiger partial charge is 0.394 e. The van der Waals surface area contributed by atoms with E-state index < -0.39 is 173 Å². The first-order valence-electron chi connectivity index (χ1n) is 38.7. The minimum atomic E-state index is -1.43. The lowest BCUT2D eigenvalue weighted by Gasteiger charge is -2.42. The summed E-state index contributed by atoms with van der Waals surface area (Å²) < 4.78 is 53.5. The van der Waals surface area contributed by atoms with Crippen molar-refractivity contribution in [2.45, 2.75) is 306 Å². The van der Waals surface area contributed by atoms with Crippen molar-refractivity contribution in [3.63, 3.8) is 0 Å². The number of ketones is 1. The number of carbonyl (C=O) groups is 4. The molecule has 8 rings (SSSR count). The Morgan fingerprint density at radius 1 is 0.405 bits per heavy atom. The fourth-order valence-electron chi connectivity index (χ4n) is 14.0. The minimum absolute atomic E-state index is 0.0641. The summed E-state index contributed by atoms with van der Waals surface area (Å²) >= 11 is 0. The number of Topliss-reactive ketones (excluding diaryl/α,β-unsaturated/α-hetero) is 1. The zero-order chi connectivity index (χ0) is 80.1. The van der Waals surface area contributed by atoms with Crippen molar-refractivity contribution in [2.75, 3.05) is 59.4 Å². The van der Waals surface area contributed by atoms with Crippen LogP contribution in [-0.4, -0.2) is 337 Å². The lowest BCUT2D eigenvalue weighted by atomic mass is 9.92. The van der Waals surface area contributed by atoms with E-state index >= 15 is 0 Å². The third kappa shape index (κ3) is 27.8. The van der Waals surface area contributed by atoms with E-state index in [2.05, 4.69) is 62.1 Å². The van der Waals surface area contributed by atoms with E-state index in [4.69, 9.17) is 37.9 Å². The number of nitrogens with zero attached hydrogens (tertiary/aromatic N) is 14. The average molecular weight is 1580 g/mol. The predicted molar refractivity (Wildman–Crippen MR) is 384 cm³/mol. The highest BCUT2D eigenvalue weighted by molar-refractivity contribution is 5.81. The molecule has 111 heavy (non-hydrogen) atoms. The first-order chi connectivity index (χ1) is 53.4. The van der Waals surface area contributed by atoms with Gasteiger partial charge in [0.2, 0.25) is 17.7 Å². The second-order valence-electron chi connectivity index (χ2n) is 29.2. The standard InChI is InChI=1S/C70H119N17O24/c1-42-59(96)60(97)52(38-88)108-67(42)104-26-16-6-11-24-86-36-49(76-80-86)32-83(33-50-37-87(81-77-50)25-14-9-19-29-107-70-58(73-46(5)95)66(103)63(100)55(41-91)111-70)51(43(2)92)20-10-15-21-82(30-47-34-84(78-74-47)22-12-7-17-27-105-68-56(71-44(3)93)64(101)61(98)53(39-89)109-68)31-48-35-85(79-75-48)23-13-8-18-28-106-69-57(72-45(4)94)65(102)62(99)54(40-90)110-69/h34-37,42,51-70,88-91,96-103H,6-33,38-41H2,1-5H3,(H,71,93)(H,72,94)(H,73,95)/t42-,51+,52-,53-,54-,55-,56-,57-,58-,59-,60+,61+,62+,63+,64-,65-,66-,67-,68-,69-,70-/m1/s1. The molecule has 4 aliphatic heterocycles. The molecule has 21 atom stereocenters. The zero-order valence-corrected chi connectivity index (χ0v) is 64.1. The van der Waals surface area contributed by atoms with Crippen molar-refractivity contribution >= 4 is 23.5 Å². The number of amides is 3. The topological polar surface area (TPSA) is 550 Å². The third-order valence-electron chi connectivity index (χ3n) is 20.2. The van der Waals surface area contributed by atoms with Gasteiger partial charge in [-0.3, -0.25) is 47.7 Å². The second-order valence-corrected chi connectivity index (χ2v) is 29.2. The van der Waals surface area contributed by atoms with Gasteiger partial charge in [0.15, 0.2) is 25.2 Å². The van der Waals surface area contributed by atoms with Crippen LogP contribution in [0.1, 0.15) is 154 Å². The molecule has 0 bridgehead atoms. The molecule has 8 heterocycles. The number of ether oxygens (including phenoxy) is 8. The summed E-state index contributed by atoms with van der Waals surface area (Å²) in [6.45, 7) is 9.85. The number of carbonyl (C=O) groups excluding carboxylic acids is 4. The maximum Gasteiger partial charge on any atom is 0.217 e. The van der Waals surface area contributed by atoms with Gasteiger partial charge in [0.25, 0.3) is 0 Å². The molecule has 4 fully saturated rings. The van der Waals surface area contributed by atoms with Crippen molar-refractivity contribution in [2.24, 2.45) is 5.92 Å². The molecule has 0 aliphatic carbocycles. The lowest BCUT2D eigenvalue weighted by molar-refractivity contribution is -0.282. The van der Waals surface area contributed by atoms with Gasteiger partial charge in [0.05, 0.1) is 61.3 Å². The average Bonchev–Trinajstić information content (AvgIpc) is 1.83. The SMILES string of the molecule is CC(=O)N[C@H]1[C@H](OCCCCCn2cc(CN(CCCC[C@@H](C(C)=O)N(Cc3cn(CCCCCO[C@@H]4O[C@H](CO)[C@H](O)[C@H](O)[C@H]4C)nn3)Cc3cn(CCCCCO[C@@H]4O[C@H](CO)[C@H](O)[C@H](O)[C@H]4NC(C)=O)nn3)Cc3cn(CCCCCO[C@@H]4O[C@H](CO)[C@H](O)[C@H](O)[C@H]4NC(C)=O)nn3)nn2)O[C@H](CO)[C@H](O)[C@@H]1O. The number of aliphatic hydroxyl groups excluding tert-OH is 12. The Morgan fingerprint density at radius 3 is 1.01 bits per heavy atom. The Morgan fingerprint density at radius 2 is 0.703 bits per heavy atom. The van der Waals surface area contributed by atoms with Crippen LogP contribution >= 0.6 is 0 Å². The van der Waals surface area contributed by atoms with Gasteiger partial charge in [0, 0.05) is 130 Å². The van der Waals surface area contributed by atoms with Crippen LogP contribution in [0.25, 0.3) is 0 Å². The highest BCUT2D eigenvalue weighted by Crippen LogP contribution is 2.29. The Hall–Kier alpha value is -6.24. The van der Waals surface area contributed by atoms with E-state index in [9.17, 15) is 80.5 Å². The van der Waals surface area contributed by atoms with Crippen molar-refractivity contribution < 1.29 is 118 Å². The summed E-state index contributed by atoms with van der Waals surface area (Å²) in [5, 5.41) is 166. The van der Waals surface area contributed by atoms with Gasteiger partial charge in [-0.1, -0.05) is 34.2 Å². The van der Waals surface area contributed by atoms with Crippen LogP contribution in [0.4, 0.5) is 0 Å². The molecule has 4 aromatic heterocycles. The van der Waals surface area contributed by atoms with Gasteiger partial charge in [-0.2, -0.15) is 0 Å². The summed E-state index contributed by atoms with van der Waals surface area (Å²) in [7, 11) is 0. The van der Waals surface area contributed by atoms with Gasteiger partial charge in [0.1, 0.15) is 91.1 Å². The van der Waals surface area contributed by atoms with Crippen molar-refractivity contribution in [3.05, 3.63) is 47.6 Å². The fraction of sp³-hybridized carbons (Fsp3) is 0.829. The van der Waals surface area contributed by atoms with E-state index in [0.29, 0.717) is 159 Å². The maximum absolute atomic E-state index is 14.0. The Balaban J connectivity index is 0.887. The van der Waals surface area contributed by atoms with Crippen LogP contribution < -0.4 is 16.0 Å². The normalized spacial score (nSPS) is 28.7. The van der Waals surface area contributed by atoms with Gasteiger partial charge >= 0.3 is 0 Å². The van der Waals surface area contributed by atoms with Gasteiger partial charge in [-0.25, -0.2) is 0 Å². The molecule has 0 unspecified atom stereocenters. The molecular weight excluding hydrogens is 1460 g/mol. The van der Waals surface area contributed by atoms with Gasteiger partial charge in [-0.15, -0.1) is 20.4 Å². The Bertz CT molecular complexity index is 3260. The molecule has 4 saturated heterocycles. The molecule has 0 spiro atoms. The smallest absolute Gasteiger partial charge is 0.217 e.